The van der Waals surface area contributed by atoms with Crippen LogP contribution in [0.1, 0.15) is 33.6 Å². The maximum Gasteiger partial charge on any atom is 0.345 e. The van der Waals surface area contributed by atoms with Gasteiger partial charge in [-0.25, -0.2) is 14.4 Å². The topological polar surface area (TPSA) is 135 Å². The number of carbonyl (C=O) groups excluding carboxylic acids is 4. The van der Waals surface area contributed by atoms with E-state index in [1.165, 1.54) is 13.8 Å². The molecule has 0 aromatic rings. The summed E-state index contributed by atoms with van der Waals surface area (Å²) < 4.78 is 24.9. The Balaban J connectivity index is 3.65. The van der Waals surface area contributed by atoms with Crippen molar-refractivity contribution in [3.63, 3.8) is 0 Å². The zero-order chi connectivity index (χ0) is 21.7. The predicted molar refractivity (Wildman–Crippen MR) is 92.8 cm³/mol. The molecule has 0 aromatic heterocycles. The molecular formula is C18H26O10. The van der Waals surface area contributed by atoms with Crippen LogP contribution in [0.2, 0.25) is 0 Å². The molecule has 1 aliphatic rings. The zero-order valence-electron chi connectivity index (χ0n) is 16.8. The number of aliphatic hydroxyl groups is 1. The number of Topliss-reactive ketones (excluding diaryl/α,β-unsaturated/α-hetero) is 1. The molecule has 0 amide bonds. The van der Waals surface area contributed by atoms with Gasteiger partial charge >= 0.3 is 17.9 Å². The normalized spacial score (nSPS) is 23.5. The second-order valence-corrected chi connectivity index (χ2v) is 6.52. The second-order valence-electron chi connectivity index (χ2n) is 6.52. The molecule has 10 heteroatoms. The lowest BCUT2D eigenvalue weighted by atomic mass is 9.82. The molecule has 1 aliphatic heterocycles. The Labute approximate surface area is 162 Å². The maximum atomic E-state index is 12.6. The summed E-state index contributed by atoms with van der Waals surface area (Å²) in [6.45, 7) is 4.70. The van der Waals surface area contributed by atoms with E-state index < -0.39 is 52.9 Å². The summed E-state index contributed by atoms with van der Waals surface area (Å²) in [5.74, 6) is -5.42. The molecule has 158 valence electrons. The van der Waals surface area contributed by atoms with Crippen LogP contribution in [-0.2, 0) is 42.9 Å². The number of ketones is 1. The fourth-order valence-electron chi connectivity index (χ4n) is 2.84. The van der Waals surface area contributed by atoms with Gasteiger partial charge in [0.2, 0.25) is 5.60 Å². The summed E-state index contributed by atoms with van der Waals surface area (Å²) in [6, 6.07) is 0. The molecule has 28 heavy (non-hydrogen) atoms. The maximum absolute atomic E-state index is 12.6. The Morgan fingerprint density at radius 3 is 2.14 bits per heavy atom. The molecule has 0 bridgehead atoms. The molecule has 0 aromatic carbocycles. The minimum Gasteiger partial charge on any atom is -0.467 e. The van der Waals surface area contributed by atoms with E-state index in [1.807, 2.05) is 0 Å². The predicted octanol–water partition coefficient (Wildman–Crippen LogP) is 0.0522. The van der Waals surface area contributed by atoms with Crippen LogP contribution >= 0.6 is 0 Å². The third kappa shape index (κ3) is 4.75. The van der Waals surface area contributed by atoms with Crippen LogP contribution in [0.4, 0.5) is 0 Å². The van der Waals surface area contributed by atoms with E-state index in [0.717, 1.165) is 21.3 Å². The molecule has 1 fully saturated rings. The molecule has 3 atom stereocenters. The molecule has 0 spiro atoms. The van der Waals surface area contributed by atoms with Crippen LogP contribution in [0.3, 0.4) is 0 Å². The van der Waals surface area contributed by atoms with Gasteiger partial charge in [0.05, 0.1) is 26.9 Å². The van der Waals surface area contributed by atoms with Crippen LogP contribution in [0.25, 0.3) is 0 Å². The van der Waals surface area contributed by atoms with E-state index in [0.29, 0.717) is 12.5 Å². The van der Waals surface area contributed by atoms with Crippen LogP contribution in [0.15, 0.2) is 11.6 Å². The van der Waals surface area contributed by atoms with Crippen molar-refractivity contribution in [3.8, 4) is 0 Å². The molecule has 0 unspecified atom stereocenters. The lowest BCUT2D eigenvalue weighted by molar-refractivity contribution is -0.187. The Kier molecular flexibility index (Phi) is 7.85. The van der Waals surface area contributed by atoms with Crippen LogP contribution in [0, 0.1) is 0 Å². The van der Waals surface area contributed by atoms with Gasteiger partial charge in [0.1, 0.15) is 12.2 Å². The highest BCUT2D eigenvalue weighted by Gasteiger charge is 2.62. The minimum absolute atomic E-state index is 0.0755. The number of methoxy groups -OCH3 is 3. The van der Waals surface area contributed by atoms with Crippen molar-refractivity contribution in [3.05, 3.63) is 11.6 Å². The van der Waals surface area contributed by atoms with Gasteiger partial charge in [-0.1, -0.05) is 6.92 Å². The first kappa shape index (κ1) is 23.7. The Hall–Kier alpha value is -2.30. The van der Waals surface area contributed by atoms with Crippen molar-refractivity contribution in [2.24, 2.45) is 0 Å². The molecule has 1 saturated heterocycles. The van der Waals surface area contributed by atoms with Crippen molar-refractivity contribution < 1.29 is 48.0 Å². The summed E-state index contributed by atoms with van der Waals surface area (Å²) in [4.78, 5) is 49.2. The molecule has 1 heterocycles. The van der Waals surface area contributed by atoms with Gasteiger partial charge in [0, 0.05) is 12.5 Å². The average Bonchev–Trinajstić information content (AvgIpc) is 3.00. The summed E-state index contributed by atoms with van der Waals surface area (Å²) in [5.41, 5.74) is -3.69. The quantitative estimate of drug-likeness (QED) is 0.337. The Morgan fingerprint density at radius 2 is 1.68 bits per heavy atom. The Bertz CT molecular complexity index is 665. The van der Waals surface area contributed by atoms with Crippen molar-refractivity contribution in [1.82, 2.24) is 0 Å². The SMILES string of the molecule is CCCC(=O)[C@@H]1OC(C)(C)O[C@H]1[C@](O)(C(=O)OC)C(=CC(=O)OC)C(=O)OC. The number of ether oxygens (including phenoxy) is 5. The standard InChI is InChI=1S/C18H26O10/c1-7-8-11(19)13-14(28-17(2,3)27-13)18(23,16(22)26-6)10(15(21)25-5)9-12(20)24-4/h9,13-14,23H,7-8H2,1-6H3/t13-,14+,18-/m0/s1. The highest BCUT2D eigenvalue weighted by Crippen LogP contribution is 2.39. The van der Waals surface area contributed by atoms with Crippen LogP contribution < -0.4 is 0 Å². The first-order chi connectivity index (χ1) is 13.0. The van der Waals surface area contributed by atoms with E-state index in [1.54, 1.807) is 6.92 Å². The lowest BCUT2D eigenvalue weighted by Crippen LogP contribution is -2.59. The second kappa shape index (κ2) is 9.26. The van der Waals surface area contributed by atoms with E-state index in [4.69, 9.17) is 9.47 Å². The number of carbonyl (C=O) groups is 4. The Morgan fingerprint density at radius 1 is 1.07 bits per heavy atom. The molecular weight excluding hydrogens is 376 g/mol. The third-order valence-corrected chi connectivity index (χ3v) is 4.10. The van der Waals surface area contributed by atoms with Gasteiger partial charge in [-0.3, -0.25) is 4.79 Å². The fourth-order valence-corrected chi connectivity index (χ4v) is 2.84. The first-order valence-corrected chi connectivity index (χ1v) is 8.56. The fraction of sp³-hybridized carbons (Fsp3) is 0.667. The first-order valence-electron chi connectivity index (χ1n) is 8.56. The molecule has 0 radical (unpaired) electrons. The summed E-state index contributed by atoms with van der Waals surface area (Å²) >= 11 is 0. The molecule has 1 N–H and O–H groups in total. The summed E-state index contributed by atoms with van der Waals surface area (Å²) in [5, 5.41) is 11.3. The van der Waals surface area contributed by atoms with Crippen molar-refractivity contribution >= 4 is 23.7 Å². The highest BCUT2D eigenvalue weighted by atomic mass is 16.8. The lowest BCUT2D eigenvalue weighted by Gasteiger charge is -2.33. The third-order valence-electron chi connectivity index (χ3n) is 4.10. The largest absolute Gasteiger partial charge is 0.467 e. The summed E-state index contributed by atoms with van der Waals surface area (Å²) in [7, 11) is 2.99. The van der Waals surface area contributed by atoms with Gasteiger partial charge < -0.3 is 28.8 Å². The zero-order valence-corrected chi connectivity index (χ0v) is 16.8. The van der Waals surface area contributed by atoms with Crippen molar-refractivity contribution in [2.75, 3.05) is 21.3 Å². The van der Waals surface area contributed by atoms with E-state index >= 15 is 0 Å². The average molecular weight is 402 g/mol. The molecule has 1 rings (SSSR count). The number of hydrogen-bond donors (Lipinski definition) is 1. The van der Waals surface area contributed by atoms with Crippen LogP contribution in [-0.4, -0.2) is 73.7 Å². The van der Waals surface area contributed by atoms with Gasteiger partial charge in [-0.05, 0) is 20.3 Å². The highest BCUT2D eigenvalue weighted by molar-refractivity contribution is 6.05. The smallest absolute Gasteiger partial charge is 0.345 e. The number of esters is 3. The molecule has 10 nitrogen and oxygen atoms in total. The van der Waals surface area contributed by atoms with Gasteiger partial charge in [-0.2, -0.15) is 0 Å². The van der Waals surface area contributed by atoms with Gasteiger partial charge in [0.15, 0.2) is 11.6 Å². The van der Waals surface area contributed by atoms with E-state index in [2.05, 4.69) is 14.2 Å². The monoisotopic (exact) mass is 402 g/mol. The van der Waals surface area contributed by atoms with Crippen molar-refractivity contribution in [1.29, 1.82) is 0 Å². The van der Waals surface area contributed by atoms with Crippen molar-refractivity contribution in [2.45, 2.75) is 57.2 Å². The molecule has 0 aliphatic carbocycles. The van der Waals surface area contributed by atoms with Gasteiger partial charge in [-0.15, -0.1) is 0 Å². The summed E-state index contributed by atoms with van der Waals surface area (Å²) in [6.07, 6.45) is -1.94. The van der Waals surface area contributed by atoms with E-state index in [-0.39, 0.29) is 6.42 Å². The number of hydrogen-bond acceptors (Lipinski definition) is 10. The molecule has 0 saturated carbocycles. The van der Waals surface area contributed by atoms with Gasteiger partial charge in [0.25, 0.3) is 0 Å². The number of rotatable bonds is 8. The van der Waals surface area contributed by atoms with Crippen LogP contribution in [0.5, 0.6) is 0 Å². The van der Waals surface area contributed by atoms with E-state index in [9.17, 15) is 24.3 Å². The minimum atomic E-state index is -2.88.